The van der Waals surface area contributed by atoms with Crippen LogP contribution >= 0.6 is 0 Å². The smallest absolute Gasteiger partial charge is 0.335 e. The van der Waals surface area contributed by atoms with Crippen molar-refractivity contribution in [1.82, 2.24) is 14.5 Å². The highest BCUT2D eigenvalue weighted by atomic mass is 32.2. The van der Waals surface area contributed by atoms with E-state index in [2.05, 4.69) is 5.32 Å². The molecule has 3 aliphatic rings. The average Bonchev–Trinajstić information content (AvgIpc) is 2.69. The molecule has 2 heterocycles. The number of hydrogen-bond acceptors (Lipinski definition) is 5. The zero-order valence-corrected chi connectivity index (χ0v) is 13.5. The van der Waals surface area contributed by atoms with Gasteiger partial charge in [0.15, 0.2) is 0 Å². The summed E-state index contributed by atoms with van der Waals surface area (Å²) in [5.74, 6) is -0.743. The van der Waals surface area contributed by atoms with E-state index in [1.54, 1.807) is 0 Å². The van der Waals surface area contributed by atoms with Crippen LogP contribution in [-0.4, -0.2) is 64.8 Å². The van der Waals surface area contributed by atoms with E-state index in [-0.39, 0.29) is 18.1 Å². The third-order valence-electron chi connectivity index (χ3n) is 4.99. The van der Waals surface area contributed by atoms with Crippen LogP contribution in [0.3, 0.4) is 0 Å². The van der Waals surface area contributed by atoms with E-state index in [1.165, 1.54) is 4.90 Å². The molecule has 0 aromatic heterocycles. The number of hydrogen-bond donors (Lipinski definition) is 3. The topological polar surface area (TPSA) is 133 Å². The van der Waals surface area contributed by atoms with Crippen LogP contribution in [-0.2, 0) is 15.1 Å². The van der Waals surface area contributed by atoms with E-state index in [9.17, 15) is 18.0 Å². The van der Waals surface area contributed by atoms with Crippen molar-refractivity contribution in [3.63, 3.8) is 0 Å². The minimum absolute atomic E-state index is 0.0305. The second kappa shape index (κ2) is 5.91. The van der Waals surface area contributed by atoms with Crippen molar-refractivity contribution in [3.05, 3.63) is 0 Å². The van der Waals surface area contributed by atoms with Gasteiger partial charge in [0.2, 0.25) is 0 Å². The number of fused-ring (bicyclic) bond motifs is 1. The monoisotopic (exact) mass is 346 g/mol. The van der Waals surface area contributed by atoms with Gasteiger partial charge in [-0.05, 0) is 38.5 Å². The number of amides is 3. The van der Waals surface area contributed by atoms with Gasteiger partial charge in [0.25, 0.3) is 5.91 Å². The van der Waals surface area contributed by atoms with E-state index in [1.807, 2.05) is 0 Å². The minimum Gasteiger partial charge on any atom is -0.335 e. The molecule has 1 saturated carbocycles. The highest BCUT2D eigenvalue weighted by molar-refractivity contribution is 7.84. The zero-order valence-electron chi connectivity index (χ0n) is 12.7. The van der Waals surface area contributed by atoms with E-state index in [0.717, 1.165) is 32.1 Å². The number of carbonyl (C=O) groups is 2. The molecule has 130 valence electrons. The molecule has 0 aromatic rings. The van der Waals surface area contributed by atoms with Crippen molar-refractivity contribution in [2.45, 2.75) is 62.7 Å². The summed E-state index contributed by atoms with van der Waals surface area (Å²) in [6.45, 7) is 0.297. The number of β-lactam (4-membered cyclic amide) rings is 1. The van der Waals surface area contributed by atoms with E-state index in [0.29, 0.717) is 17.3 Å². The first-order chi connectivity index (χ1) is 10.8. The first kappa shape index (κ1) is 16.5. The summed E-state index contributed by atoms with van der Waals surface area (Å²) in [5, 5.41) is 2.93. The number of nitrogens with two attached hydrogens (primary N) is 1. The molecule has 10 heteroatoms. The van der Waals surface area contributed by atoms with Gasteiger partial charge in [0.1, 0.15) is 6.04 Å². The Balaban J connectivity index is 1.61. The Bertz CT molecular complexity index is 609. The first-order valence-corrected chi connectivity index (χ1v) is 9.32. The Morgan fingerprint density at radius 2 is 1.96 bits per heavy atom. The predicted molar refractivity (Wildman–Crippen MR) is 80.7 cm³/mol. The van der Waals surface area contributed by atoms with E-state index in [4.69, 9.17) is 10.3 Å². The summed E-state index contributed by atoms with van der Waals surface area (Å²) in [7, 11) is -4.55. The Hall–Kier alpha value is -1.39. The van der Waals surface area contributed by atoms with Crippen LogP contribution < -0.4 is 11.1 Å². The molecule has 2 saturated heterocycles. The summed E-state index contributed by atoms with van der Waals surface area (Å²) in [6, 6.07) is -1.58. The lowest BCUT2D eigenvalue weighted by molar-refractivity contribution is -0.143. The average molecular weight is 346 g/mol. The van der Waals surface area contributed by atoms with Gasteiger partial charge in [-0.15, -0.1) is 0 Å². The van der Waals surface area contributed by atoms with Gasteiger partial charge in [-0.1, -0.05) is 0 Å². The van der Waals surface area contributed by atoms with Crippen molar-refractivity contribution in [2.24, 2.45) is 5.73 Å². The Morgan fingerprint density at radius 1 is 1.22 bits per heavy atom. The highest BCUT2D eigenvalue weighted by Gasteiger charge is 2.60. The van der Waals surface area contributed by atoms with E-state index < -0.39 is 28.3 Å². The van der Waals surface area contributed by atoms with Gasteiger partial charge < -0.3 is 16.0 Å². The molecule has 1 aliphatic carbocycles. The fourth-order valence-electron chi connectivity index (χ4n) is 3.78. The maximum absolute atomic E-state index is 12.4. The molecule has 2 aliphatic heterocycles. The lowest BCUT2D eigenvalue weighted by Gasteiger charge is -2.42. The molecular weight excluding hydrogens is 324 g/mol. The lowest BCUT2D eigenvalue weighted by atomic mass is 10.0. The highest BCUT2D eigenvalue weighted by Crippen LogP contribution is 2.35. The predicted octanol–water partition coefficient (Wildman–Crippen LogP) is -0.556. The summed E-state index contributed by atoms with van der Waals surface area (Å²) in [6.07, 6.45) is 4.76. The second-order valence-corrected chi connectivity index (χ2v) is 7.81. The first-order valence-electron chi connectivity index (χ1n) is 7.92. The van der Waals surface area contributed by atoms with Crippen LogP contribution in [0.5, 0.6) is 0 Å². The summed E-state index contributed by atoms with van der Waals surface area (Å²) in [5.41, 5.74) is 5.92. The number of likely N-dealkylation sites (tertiary alicyclic amines) is 1. The molecule has 0 spiro atoms. The number of nitrogens with zero attached hydrogens (tertiary/aromatic N) is 2. The van der Waals surface area contributed by atoms with Crippen LogP contribution in [0.1, 0.15) is 38.5 Å². The molecule has 3 fully saturated rings. The van der Waals surface area contributed by atoms with Crippen molar-refractivity contribution < 1.29 is 22.6 Å². The second-order valence-electron chi connectivity index (χ2n) is 6.52. The molecule has 4 atom stereocenters. The molecule has 3 rings (SSSR count). The van der Waals surface area contributed by atoms with Crippen LogP contribution in [0.15, 0.2) is 0 Å². The molecule has 0 radical (unpaired) electrons. The normalized spacial score (nSPS) is 34.6. The standard InChI is InChI=1S/C13H22N4O5S/c14-8-2-1-3-9(5-4-8)15-13(19)16-7-6-10-11(16)12(18)17(10)23(20,21)22/h8-11H,1-7,14H2,(H,15,19)(H,20,21,22)/t8-,9+,10-,11+/m1/s1. The molecule has 9 nitrogen and oxygen atoms in total. The Kier molecular flexibility index (Phi) is 4.23. The summed E-state index contributed by atoms with van der Waals surface area (Å²) in [4.78, 5) is 25.7. The number of nitrogens with one attached hydrogen (secondary N) is 1. The number of urea groups is 1. The summed E-state index contributed by atoms with van der Waals surface area (Å²) < 4.78 is 31.8. The minimum atomic E-state index is -4.55. The Labute approximate surface area is 135 Å². The van der Waals surface area contributed by atoms with Crippen LogP contribution in [0, 0.1) is 0 Å². The fourth-order valence-corrected chi connectivity index (χ4v) is 4.67. The maximum Gasteiger partial charge on any atom is 0.362 e. The lowest BCUT2D eigenvalue weighted by Crippen LogP contribution is -2.69. The SMILES string of the molecule is N[C@@H]1CCC[C@H](NC(=O)N2CC[C@@H]3[C@H]2C(=O)N3S(=O)(=O)O)CC1. The van der Waals surface area contributed by atoms with Crippen LogP contribution in [0.2, 0.25) is 0 Å². The quantitative estimate of drug-likeness (QED) is 0.349. The molecule has 0 bridgehead atoms. The molecule has 3 amide bonds. The van der Waals surface area contributed by atoms with E-state index >= 15 is 0 Å². The third kappa shape index (κ3) is 3.02. The van der Waals surface area contributed by atoms with Gasteiger partial charge in [-0.25, -0.2) is 9.10 Å². The number of carbonyl (C=O) groups excluding carboxylic acids is 2. The molecule has 0 unspecified atom stereocenters. The Morgan fingerprint density at radius 3 is 2.65 bits per heavy atom. The van der Waals surface area contributed by atoms with Crippen molar-refractivity contribution >= 4 is 22.2 Å². The van der Waals surface area contributed by atoms with Gasteiger partial charge >= 0.3 is 16.3 Å². The molecule has 0 aromatic carbocycles. The number of rotatable bonds is 2. The van der Waals surface area contributed by atoms with Gasteiger partial charge in [-0.2, -0.15) is 8.42 Å². The molecule has 23 heavy (non-hydrogen) atoms. The third-order valence-corrected chi connectivity index (χ3v) is 5.94. The fraction of sp³-hybridized carbons (Fsp3) is 0.846. The van der Waals surface area contributed by atoms with Gasteiger partial charge in [0.05, 0.1) is 6.04 Å². The molecular formula is C13H22N4O5S. The van der Waals surface area contributed by atoms with Crippen molar-refractivity contribution in [1.29, 1.82) is 0 Å². The largest absolute Gasteiger partial charge is 0.362 e. The van der Waals surface area contributed by atoms with Crippen LogP contribution in [0.25, 0.3) is 0 Å². The van der Waals surface area contributed by atoms with Gasteiger partial charge in [0, 0.05) is 18.6 Å². The van der Waals surface area contributed by atoms with Crippen molar-refractivity contribution in [2.75, 3.05) is 6.54 Å². The maximum atomic E-state index is 12.4. The van der Waals surface area contributed by atoms with Crippen molar-refractivity contribution in [3.8, 4) is 0 Å². The van der Waals surface area contributed by atoms with Gasteiger partial charge in [-0.3, -0.25) is 9.35 Å². The molecule has 4 N–H and O–H groups in total. The van der Waals surface area contributed by atoms with Crippen LogP contribution in [0.4, 0.5) is 4.79 Å². The zero-order chi connectivity index (χ0) is 16.8. The summed E-state index contributed by atoms with van der Waals surface area (Å²) >= 11 is 0.